The Labute approximate surface area is 235 Å². The second-order valence-electron chi connectivity index (χ2n) is 11.2. The molecule has 0 atom stereocenters. The minimum atomic E-state index is -0.288. The zero-order valence-corrected chi connectivity index (χ0v) is 23.2. The number of carbonyl (C=O) groups is 1. The molecular formula is C32H37FN6O. The van der Waals surface area contributed by atoms with Crippen molar-refractivity contribution in [2.75, 3.05) is 31.1 Å². The van der Waals surface area contributed by atoms with Crippen LogP contribution in [0.4, 0.5) is 10.2 Å². The quantitative estimate of drug-likeness (QED) is 0.294. The number of aryl methyl sites for hydroxylation is 1. The maximum atomic E-state index is 13.7. The zero-order valence-electron chi connectivity index (χ0n) is 23.2. The second kappa shape index (κ2) is 11.7. The molecule has 2 aliphatic rings. The second-order valence-corrected chi connectivity index (χ2v) is 11.2. The molecule has 4 aromatic rings. The Morgan fingerprint density at radius 2 is 1.70 bits per heavy atom. The summed E-state index contributed by atoms with van der Waals surface area (Å²) in [6.45, 7) is 4.97. The number of fused-ring (bicyclic) bond motifs is 1. The first-order valence-corrected chi connectivity index (χ1v) is 14.6. The summed E-state index contributed by atoms with van der Waals surface area (Å²) in [6.07, 6.45) is 8.35. The van der Waals surface area contributed by atoms with Crippen molar-refractivity contribution >= 4 is 22.8 Å². The minimum absolute atomic E-state index is 0.284. The van der Waals surface area contributed by atoms with E-state index >= 15 is 0 Å². The van der Waals surface area contributed by atoms with Crippen LogP contribution in [0.5, 0.6) is 0 Å². The van der Waals surface area contributed by atoms with Crippen molar-refractivity contribution < 1.29 is 9.18 Å². The lowest BCUT2D eigenvalue weighted by Gasteiger charge is -2.24. The Hall–Kier alpha value is -3.81. The van der Waals surface area contributed by atoms with E-state index in [0.29, 0.717) is 37.4 Å². The third kappa shape index (κ3) is 5.71. The Kier molecular flexibility index (Phi) is 7.75. The number of rotatable bonds is 7. The van der Waals surface area contributed by atoms with Crippen LogP contribution in [0.25, 0.3) is 16.7 Å². The number of carbonyl (C=O) groups excluding carboxylic acids is 1. The van der Waals surface area contributed by atoms with Crippen molar-refractivity contribution in [1.82, 2.24) is 24.6 Å². The summed E-state index contributed by atoms with van der Waals surface area (Å²) in [4.78, 5) is 27.5. The fourth-order valence-corrected chi connectivity index (χ4v) is 6.22. The maximum Gasteiger partial charge on any atom is 0.222 e. The van der Waals surface area contributed by atoms with Crippen molar-refractivity contribution in [3.63, 3.8) is 0 Å². The van der Waals surface area contributed by atoms with Gasteiger partial charge in [0.15, 0.2) is 5.65 Å². The van der Waals surface area contributed by atoms with Crippen LogP contribution in [0.2, 0.25) is 0 Å². The lowest BCUT2D eigenvalue weighted by atomic mass is 10.0. The Balaban J connectivity index is 1.31. The molecule has 0 N–H and O–H groups in total. The van der Waals surface area contributed by atoms with E-state index in [1.807, 2.05) is 30.0 Å². The molecule has 2 aromatic heterocycles. The van der Waals surface area contributed by atoms with Crippen LogP contribution < -0.4 is 4.90 Å². The van der Waals surface area contributed by atoms with Gasteiger partial charge < -0.3 is 9.80 Å². The van der Waals surface area contributed by atoms with Crippen molar-refractivity contribution in [3.05, 3.63) is 77.5 Å². The number of hydrogen-bond acceptors (Lipinski definition) is 5. The van der Waals surface area contributed by atoms with Gasteiger partial charge in [-0.1, -0.05) is 56.0 Å². The molecule has 40 heavy (non-hydrogen) atoms. The molecule has 7 nitrogen and oxygen atoms in total. The minimum Gasteiger partial charge on any atom is -0.354 e. The highest BCUT2D eigenvalue weighted by atomic mass is 19.1. The molecule has 2 fully saturated rings. The smallest absolute Gasteiger partial charge is 0.222 e. The largest absolute Gasteiger partial charge is 0.354 e. The average Bonchev–Trinajstić information content (AvgIpc) is 3.53. The molecule has 0 unspecified atom stereocenters. The van der Waals surface area contributed by atoms with Crippen LogP contribution in [-0.4, -0.2) is 56.7 Å². The van der Waals surface area contributed by atoms with Crippen LogP contribution in [0.15, 0.2) is 54.6 Å². The third-order valence-electron chi connectivity index (χ3n) is 8.40. The summed E-state index contributed by atoms with van der Waals surface area (Å²) in [5, 5.41) is 5.73. The van der Waals surface area contributed by atoms with Gasteiger partial charge in [0.2, 0.25) is 5.91 Å². The van der Waals surface area contributed by atoms with E-state index in [0.717, 1.165) is 60.0 Å². The molecule has 0 radical (unpaired) electrons. The van der Waals surface area contributed by atoms with Gasteiger partial charge in [-0.05, 0) is 55.5 Å². The topological polar surface area (TPSA) is 67.2 Å². The number of halogens is 1. The third-order valence-corrected chi connectivity index (χ3v) is 8.40. The number of aromatic nitrogens is 4. The van der Waals surface area contributed by atoms with E-state index in [1.54, 1.807) is 16.8 Å². The first-order chi connectivity index (χ1) is 19.5. The van der Waals surface area contributed by atoms with E-state index in [9.17, 15) is 9.18 Å². The van der Waals surface area contributed by atoms with Crippen molar-refractivity contribution in [2.24, 2.45) is 5.92 Å². The van der Waals surface area contributed by atoms with Gasteiger partial charge in [-0.25, -0.2) is 19.0 Å². The molecule has 6 rings (SSSR count). The predicted molar refractivity (Wildman–Crippen MR) is 155 cm³/mol. The Morgan fingerprint density at radius 3 is 2.48 bits per heavy atom. The summed E-state index contributed by atoms with van der Waals surface area (Å²) in [5.74, 6) is 2.30. The Bertz CT molecular complexity index is 1460. The van der Waals surface area contributed by atoms with E-state index in [1.165, 1.54) is 37.8 Å². The first kappa shape index (κ1) is 26.4. The van der Waals surface area contributed by atoms with Gasteiger partial charge in [-0.15, -0.1) is 0 Å². The molecule has 3 heterocycles. The van der Waals surface area contributed by atoms with E-state index in [-0.39, 0.29) is 11.7 Å². The normalized spacial score (nSPS) is 16.6. The summed E-state index contributed by atoms with van der Waals surface area (Å²) >= 11 is 0. The predicted octanol–water partition coefficient (Wildman–Crippen LogP) is 5.86. The lowest BCUT2D eigenvalue weighted by Crippen LogP contribution is -2.35. The Morgan fingerprint density at radius 1 is 0.925 bits per heavy atom. The molecule has 0 bridgehead atoms. The summed E-state index contributed by atoms with van der Waals surface area (Å²) in [6, 6.07) is 16.5. The van der Waals surface area contributed by atoms with E-state index < -0.39 is 0 Å². The molecule has 1 aliphatic carbocycles. The van der Waals surface area contributed by atoms with Gasteiger partial charge in [0, 0.05) is 39.0 Å². The van der Waals surface area contributed by atoms with E-state index in [2.05, 4.69) is 17.0 Å². The van der Waals surface area contributed by atoms with Crippen LogP contribution in [-0.2, 0) is 11.2 Å². The van der Waals surface area contributed by atoms with E-state index in [4.69, 9.17) is 15.1 Å². The van der Waals surface area contributed by atoms with Crippen LogP contribution >= 0.6 is 0 Å². The molecule has 1 aliphatic heterocycles. The van der Waals surface area contributed by atoms with Gasteiger partial charge in [0.25, 0.3) is 0 Å². The van der Waals surface area contributed by atoms with Crippen molar-refractivity contribution in [1.29, 1.82) is 0 Å². The number of anilines is 1. The summed E-state index contributed by atoms with van der Waals surface area (Å²) < 4.78 is 15.5. The highest BCUT2D eigenvalue weighted by Gasteiger charge is 2.26. The molecule has 208 valence electrons. The summed E-state index contributed by atoms with van der Waals surface area (Å²) in [5.41, 5.74) is 3.43. The maximum absolute atomic E-state index is 13.7. The zero-order chi connectivity index (χ0) is 27.5. The molecule has 1 amide bonds. The SMILES string of the molecule is Cc1nn(-c2ccc(F)cc2)c2nc(Cc3ccccc3)nc(N3CCCN(C(=O)CCC4CCCC4)CC3)c12. The molecule has 0 spiro atoms. The number of hydrogen-bond donors (Lipinski definition) is 0. The highest BCUT2D eigenvalue weighted by Crippen LogP contribution is 2.31. The number of nitrogens with zero attached hydrogens (tertiary/aromatic N) is 6. The average molecular weight is 541 g/mol. The summed E-state index contributed by atoms with van der Waals surface area (Å²) in [7, 11) is 0. The van der Waals surface area contributed by atoms with Gasteiger partial charge >= 0.3 is 0 Å². The van der Waals surface area contributed by atoms with Gasteiger partial charge in [0.1, 0.15) is 17.5 Å². The van der Waals surface area contributed by atoms with Gasteiger partial charge in [-0.3, -0.25) is 4.79 Å². The molecule has 1 saturated heterocycles. The standard InChI is InChI=1S/C32H37FN6O/c1-23-30-31(38-19-7-18-37(20-21-38)29(40)17-12-24-8-5-6-9-24)34-28(22-25-10-3-2-4-11-25)35-32(30)39(36-23)27-15-13-26(33)14-16-27/h2-4,10-11,13-16,24H,5-9,12,17-22H2,1H3. The monoisotopic (exact) mass is 540 g/mol. The van der Waals surface area contributed by atoms with Crippen molar-refractivity contribution in [3.8, 4) is 5.69 Å². The highest BCUT2D eigenvalue weighted by molar-refractivity contribution is 5.91. The molecule has 1 saturated carbocycles. The van der Waals surface area contributed by atoms with Crippen LogP contribution in [0, 0.1) is 18.7 Å². The van der Waals surface area contributed by atoms with Gasteiger partial charge in [0.05, 0.1) is 16.8 Å². The fraction of sp³-hybridized carbons (Fsp3) is 0.438. The van der Waals surface area contributed by atoms with Crippen molar-refractivity contribution in [2.45, 2.75) is 58.3 Å². The van der Waals surface area contributed by atoms with Gasteiger partial charge in [-0.2, -0.15) is 5.10 Å². The lowest BCUT2D eigenvalue weighted by molar-refractivity contribution is -0.131. The first-order valence-electron chi connectivity index (χ1n) is 14.6. The fourth-order valence-electron chi connectivity index (χ4n) is 6.22. The molecule has 8 heteroatoms. The molecular weight excluding hydrogens is 503 g/mol. The number of amides is 1. The van der Waals surface area contributed by atoms with Crippen LogP contribution in [0.1, 0.15) is 62.0 Å². The molecule has 2 aromatic carbocycles. The van der Waals surface area contributed by atoms with Crippen LogP contribution in [0.3, 0.4) is 0 Å². The number of benzene rings is 2.